The molecule has 21 heteroatoms. The molecule has 0 bridgehead atoms. The molecule has 0 aliphatic heterocycles. The van der Waals surface area contributed by atoms with E-state index in [2.05, 4.69) is 5.32 Å². The smallest absolute Gasteiger partial charge is 0.335 e. The van der Waals surface area contributed by atoms with Gasteiger partial charge in [-0.05, 0) is 27.7 Å². The van der Waals surface area contributed by atoms with Crippen molar-refractivity contribution in [2.24, 2.45) is 0 Å². The van der Waals surface area contributed by atoms with E-state index in [0.717, 1.165) is 27.9 Å². The third-order valence-corrected chi connectivity index (χ3v) is 6.49. The molecule has 278 valence electrons. The Hall–Kier alpha value is -2.19. The fourth-order valence-corrected chi connectivity index (χ4v) is 3.82. The molecule has 13 unspecified atom stereocenters. The Labute approximate surface area is 269 Å². The van der Waals surface area contributed by atoms with Gasteiger partial charge in [0.2, 0.25) is 18.5 Å². The van der Waals surface area contributed by atoms with Crippen molar-refractivity contribution in [3.63, 3.8) is 0 Å². The van der Waals surface area contributed by atoms with E-state index in [9.17, 15) is 70.6 Å². The molecule has 12 N–H and O–H groups in total. The number of methoxy groups -OCH3 is 1. The molecule has 1 amide bonds. The summed E-state index contributed by atoms with van der Waals surface area (Å²) in [5.41, 5.74) is 0. The van der Waals surface area contributed by atoms with Crippen LogP contribution in [0.4, 0.5) is 0 Å². The summed E-state index contributed by atoms with van der Waals surface area (Å²) in [5, 5.41) is 112. The van der Waals surface area contributed by atoms with E-state index in [0.29, 0.717) is 0 Å². The van der Waals surface area contributed by atoms with Gasteiger partial charge in [0.05, 0.1) is 37.1 Å². The largest absolute Gasteiger partial charge is 0.479 e. The summed E-state index contributed by atoms with van der Waals surface area (Å²) in [6.45, 7) is 3.92. The number of nitrogens with one attached hydrogen (secondary N) is 1. The summed E-state index contributed by atoms with van der Waals surface area (Å²) in [4.78, 5) is 35.1. The second-order valence-corrected chi connectivity index (χ2v) is 10.6. The number of ether oxygens (including phenoxy) is 6. The van der Waals surface area contributed by atoms with Gasteiger partial charge in [-0.25, -0.2) is 9.59 Å². The number of amides is 1. The molecular formula is C26H49NO20. The van der Waals surface area contributed by atoms with Crippen molar-refractivity contribution < 1.29 is 99.0 Å². The molecule has 0 rings (SSSR count). The van der Waals surface area contributed by atoms with Gasteiger partial charge in [0.1, 0.15) is 31.0 Å². The first kappa shape index (κ1) is 44.8. The van der Waals surface area contributed by atoms with E-state index < -0.39 is 123 Å². The van der Waals surface area contributed by atoms with Gasteiger partial charge in [0.25, 0.3) is 0 Å². The minimum Gasteiger partial charge on any atom is -0.479 e. The SMILES string of the molecule is COC(C(=O)O)C(OC(COC(OC(C(=O)O)C(C)O)C(O)O)OC(C)C(C)O)C(O)[C@H](O)OC(C(CO)NC(C)=O)C(O)C(C)O. The van der Waals surface area contributed by atoms with E-state index in [4.69, 9.17) is 28.4 Å². The normalized spacial score (nSPS) is 21.2. The molecule has 14 atom stereocenters. The maximum Gasteiger partial charge on any atom is 0.335 e. The average molecular weight is 696 g/mol. The fourth-order valence-electron chi connectivity index (χ4n) is 3.82. The van der Waals surface area contributed by atoms with Crippen molar-refractivity contribution in [1.29, 1.82) is 0 Å². The molecule has 47 heavy (non-hydrogen) atoms. The predicted octanol–water partition coefficient (Wildman–Crippen LogP) is -5.61. The summed E-state index contributed by atoms with van der Waals surface area (Å²) in [7, 11) is 0.881. The highest BCUT2D eigenvalue weighted by molar-refractivity contribution is 5.74. The topological polar surface area (TPSA) is 341 Å². The Morgan fingerprint density at radius 2 is 1.26 bits per heavy atom. The lowest BCUT2D eigenvalue weighted by Crippen LogP contribution is -2.58. The Morgan fingerprint density at radius 1 is 0.702 bits per heavy atom. The van der Waals surface area contributed by atoms with Gasteiger partial charge in [-0.15, -0.1) is 0 Å². The second-order valence-electron chi connectivity index (χ2n) is 10.6. The highest BCUT2D eigenvalue weighted by Crippen LogP contribution is 2.22. The number of rotatable bonds is 25. The molecule has 0 aromatic carbocycles. The number of aliphatic carboxylic acids is 2. The van der Waals surface area contributed by atoms with Crippen molar-refractivity contribution >= 4 is 17.8 Å². The van der Waals surface area contributed by atoms with Crippen molar-refractivity contribution in [2.75, 3.05) is 20.3 Å². The number of hydrogen-bond donors (Lipinski definition) is 12. The van der Waals surface area contributed by atoms with Crippen LogP contribution in [0.3, 0.4) is 0 Å². The zero-order chi connectivity index (χ0) is 36.8. The summed E-state index contributed by atoms with van der Waals surface area (Å²) >= 11 is 0. The van der Waals surface area contributed by atoms with E-state index in [1.165, 1.54) is 13.8 Å². The molecule has 0 radical (unpaired) electrons. The van der Waals surface area contributed by atoms with Crippen molar-refractivity contribution in [1.82, 2.24) is 5.32 Å². The van der Waals surface area contributed by atoms with Crippen LogP contribution in [0.2, 0.25) is 0 Å². The summed E-state index contributed by atoms with van der Waals surface area (Å²) in [6, 6.07) is -1.47. The Kier molecular flexibility index (Phi) is 20.7. The molecule has 0 aromatic rings. The third-order valence-electron chi connectivity index (χ3n) is 6.49. The molecule has 21 nitrogen and oxygen atoms in total. The zero-order valence-electron chi connectivity index (χ0n) is 26.7. The lowest BCUT2D eigenvalue weighted by Gasteiger charge is -2.37. The van der Waals surface area contributed by atoms with Gasteiger partial charge in [-0.3, -0.25) is 4.79 Å². The molecule has 0 spiro atoms. The van der Waals surface area contributed by atoms with Gasteiger partial charge >= 0.3 is 11.9 Å². The summed E-state index contributed by atoms with van der Waals surface area (Å²) < 4.78 is 31.4. The molecule has 0 heterocycles. The Bertz CT molecular complexity index is 921. The Morgan fingerprint density at radius 3 is 1.64 bits per heavy atom. The molecule has 0 fully saturated rings. The van der Waals surface area contributed by atoms with E-state index in [-0.39, 0.29) is 0 Å². The van der Waals surface area contributed by atoms with Crippen LogP contribution in [0.1, 0.15) is 34.6 Å². The van der Waals surface area contributed by atoms with Gasteiger partial charge in [-0.2, -0.15) is 0 Å². The maximum absolute atomic E-state index is 12.0. The number of aliphatic hydroxyl groups excluding tert-OH is 8. The standard InChI is InChI=1S/C26H49NO20/c1-9(29)12(4)44-15(8-43-26(24(39)40)47-18(11(3)31)22(35)36)45-20(21(42-6)23(37)38)17(34)25(41)46-19(16(33)10(2)30)14(7-28)27-13(5)32/h9-12,14-21,24-26,28-31,33-34,39-41H,7-8H2,1-6H3,(H,27,32)(H,35,36)(H,37,38)/t9?,10?,11?,12?,14?,15?,16?,17?,18?,19?,20?,21?,25-,26?/m1/s1. The number of carboxylic acids is 2. The number of carbonyl (C=O) groups is 3. The highest BCUT2D eigenvalue weighted by Gasteiger charge is 2.44. The lowest BCUT2D eigenvalue weighted by molar-refractivity contribution is -0.317. The summed E-state index contributed by atoms with van der Waals surface area (Å²) in [5.74, 6) is -4.20. The summed E-state index contributed by atoms with van der Waals surface area (Å²) in [6.07, 6.45) is -27.2. The first-order chi connectivity index (χ1) is 21.7. The average Bonchev–Trinajstić information content (AvgIpc) is 2.96. The van der Waals surface area contributed by atoms with Gasteiger partial charge < -0.3 is 89.9 Å². The van der Waals surface area contributed by atoms with Crippen LogP contribution in [-0.2, 0) is 42.8 Å². The third kappa shape index (κ3) is 15.3. The van der Waals surface area contributed by atoms with Crippen LogP contribution in [-0.4, -0.2) is 187 Å². The molecule has 0 saturated carbocycles. The van der Waals surface area contributed by atoms with Gasteiger partial charge in [0, 0.05) is 14.0 Å². The highest BCUT2D eigenvalue weighted by atomic mass is 16.8. The van der Waals surface area contributed by atoms with Crippen molar-refractivity contribution in [2.45, 2.75) is 127 Å². The zero-order valence-corrected chi connectivity index (χ0v) is 26.7. The predicted molar refractivity (Wildman–Crippen MR) is 151 cm³/mol. The molecule has 0 aliphatic carbocycles. The first-order valence-electron chi connectivity index (χ1n) is 14.2. The first-order valence-corrected chi connectivity index (χ1v) is 14.2. The number of hydrogen-bond acceptors (Lipinski definition) is 18. The molecular weight excluding hydrogens is 646 g/mol. The van der Waals surface area contributed by atoms with Crippen LogP contribution in [0, 0.1) is 0 Å². The maximum atomic E-state index is 12.0. The fraction of sp³-hybridized carbons (Fsp3) is 0.885. The quantitative estimate of drug-likeness (QED) is 0.0396. The van der Waals surface area contributed by atoms with Crippen molar-refractivity contribution in [3.05, 3.63) is 0 Å². The van der Waals surface area contributed by atoms with E-state index in [1.54, 1.807) is 0 Å². The minimum atomic E-state index is -2.52. The van der Waals surface area contributed by atoms with Gasteiger partial charge in [-0.1, -0.05) is 0 Å². The monoisotopic (exact) mass is 695 g/mol. The van der Waals surface area contributed by atoms with Gasteiger partial charge in [0.15, 0.2) is 24.8 Å². The molecule has 0 aliphatic rings. The van der Waals surface area contributed by atoms with Crippen LogP contribution in [0.5, 0.6) is 0 Å². The number of aliphatic hydroxyl groups is 9. The van der Waals surface area contributed by atoms with Crippen LogP contribution < -0.4 is 5.32 Å². The number of carbonyl (C=O) groups excluding carboxylic acids is 1. The molecule has 0 saturated heterocycles. The second kappa shape index (κ2) is 21.7. The Balaban J connectivity index is 6.52. The van der Waals surface area contributed by atoms with Crippen LogP contribution in [0.15, 0.2) is 0 Å². The van der Waals surface area contributed by atoms with Crippen LogP contribution in [0.25, 0.3) is 0 Å². The minimum absolute atomic E-state index is 0.720. The lowest BCUT2D eigenvalue weighted by atomic mass is 10.0. The van der Waals surface area contributed by atoms with E-state index >= 15 is 0 Å². The van der Waals surface area contributed by atoms with Crippen molar-refractivity contribution in [3.8, 4) is 0 Å². The van der Waals surface area contributed by atoms with Crippen LogP contribution >= 0.6 is 0 Å². The number of carboxylic acid groups (broad SMARTS) is 2. The van der Waals surface area contributed by atoms with E-state index in [1.807, 2.05) is 0 Å². The molecule has 0 aromatic heterocycles.